The van der Waals surface area contributed by atoms with Crippen molar-refractivity contribution in [1.82, 2.24) is 10.2 Å². The summed E-state index contributed by atoms with van der Waals surface area (Å²) in [6.07, 6.45) is 1.45. The van der Waals surface area contributed by atoms with Crippen LogP contribution in [0.5, 0.6) is 0 Å². The Morgan fingerprint density at radius 3 is 2.93 bits per heavy atom. The van der Waals surface area contributed by atoms with E-state index in [1.54, 1.807) is 5.38 Å². The first-order valence-electron chi connectivity index (χ1n) is 4.31. The number of hydrogen-bond donors (Lipinski definition) is 3. The minimum Gasteiger partial charge on any atom is -0.394 e. The number of nitrogens with zero attached hydrogens (tertiary/aromatic N) is 1. The Morgan fingerprint density at radius 2 is 2.40 bits per heavy atom. The normalized spacial score (nSPS) is 10.2. The molecule has 2 heterocycles. The van der Waals surface area contributed by atoms with E-state index in [4.69, 9.17) is 5.73 Å². The first kappa shape index (κ1) is 9.72. The molecule has 0 radical (unpaired) electrons. The van der Waals surface area contributed by atoms with Crippen LogP contribution >= 0.6 is 11.3 Å². The third-order valence-corrected chi connectivity index (χ3v) is 2.87. The minimum atomic E-state index is -0.176. The zero-order valence-electron chi connectivity index (χ0n) is 8.07. The second-order valence-corrected chi connectivity index (χ2v) is 3.87. The van der Waals surface area contributed by atoms with E-state index < -0.39 is 0 Å². The summed E-state index contributed by atoms with van der Waals surface area (Å²) in [5, 5.41) is 12.7. The SMILES string of the molecule is Cc1cscc1C(=O)Nc1[nH]ncc1N. The third-order valence-electron chi connectivity index (χ3n) is 2.01. The Bertz CT molecular complexity index is 488. The zero-order chi connectivity index (χ0) is 10.8. The standard InChI is InChI=1S/C9H10N4OS/c1-5-3-15-4-6(5)9(14)12-8-7(10)2-11-13-8/h2-4H,10H2,1H3,(H2,11,12,13,14). The van der Waals surface area contributed by atoms with E-state index in [0.29, 0.717) is 17.1 Å². The summed E-state index contributed by atoms with van der Waals surface area (Å²) >= 11 is 1.49. The topological polar surface area (TPSA) is 83.8 Å². The maximum atomic E-state index is 11.7. The van der Waals surface area contributed by atoms with Crippen molar-refractivity contribution in [3.05, 3.63) is 28.1 Å². The number of aryl methyl sites for hydroxylation is 1. The third kappa shape index (κ3) is 1.84. The highest BCUT2D eigenvalue weighted by Gasteiger charge is 2.11. The molecule has 2 aromatic rings. The molecule has 0 bridgehead atoms. The van der Waals surface area contributed by atoms with Gasteiger partial charge in [-0.05, 0) is 17.9 Å². The predicted octanol–water partition coefficient (Wildman–Crippen LogP) is 1.61. The molecule has 0 unspecified atom stereocenters. The lowest BCUT2D eigenvalue weighted by molar-refractivity contribution is 0.102. The first-order chi connectivity index (χ1) is 7.18. The van der Waals surface area contributed by atoms with Gasteiger partial charge < -0.3 is 11.1 Å². The molecule has 4 N–H and O–H groups in total. The van der Waals surface area contributed by atoms with Crippen LogP contribution in [0.3, 0.4) is 0 Å². The van der Waals surface area contributed by atoms with Crippen molar-refractivity contribution in [1.29, 1.82) is 0 Å². The molecule has 0 spiro atoms. The molecule has 15 heavy (non-hydrogen) atoms. The van der Waals surface area contributed by atoms with Crippen LogP contribution in [0.1, 0.15) is 15.9 Å². The molecule has 0 saturated heterocycles. The van der Waals surface area contributed by atoms with E-state index in [2.05, 4.69) is 15.5 Å². The molecular weight excluding hydrogens is 212 g/mol. The van der Waals surface area contributed by atoms with Crippen LogP contribution in [0.2, 0.25) is 0 Å². The second-order valence-electron chi connectivity index (χ2n) is 3.12. The Kier molecular flexibility index (Phi) is 2.42. The number of nitrogen functional groups attached to an aromatic ring is 1. The van der Waals surface area contributed by atoms with Gasteiger partial charge in [-0.1, -0.05) is 0 Å². The van der Waals surface area contributed by atoms with Gasteiger partial charge in [0.05, 0.1) is 17.4 Å². The number of thiophene rings is 1. The summed E-state index contributed by atoms with van der Waals surface area (Å²) in [5.74, 6) is 0.260. The van der Waals surface area contributed by atoms with E-state index in [-0.39, 0.29) is 5.91 Å². The maximum Gasteiger partial charge on any atom is 0.257 e. The van der Waals surface area contributed by atoms with Crippen molar-refractivity contribution in [2.75, 3.05) is 11.1 Å². The minimum absolute atomic E-state index is 0.176. The smallest absolute Gasteiger partial charge is 0.257 e. The Balaban J connectivity index is 2.18. The fraction of sp³-hybridized carbons (Fsp3) is 0.111. The van der Waals surface area contributed by atoms with Crippen molar-refractivity contribution in [3.63, 3.8) is 0 Å². The number of hydrogen-bond acceptors (Lipinski definition) is 4. The molecule has 0 aliphatic heterocycles. The lowest BCUT2D eigenvalue weighted by Gasteiger charge is -2.02. The lowest BCUT2D eigenvalue weighted by Crippen LogP contribution is -2.13. The Hall–Kier alpha value is -1.82. The molecule has 2 rings (SSSR count). The lowest BCUT2D eigenvalue weighted by atomic mass is 10.2. The van der Waals surface area contributed by atoms with E-state index in [9.17, 15) is 4.79 Å². The van der Waals surface area contributed by atoms with E-state index >= 15 is 0 Å². The van der Waals surface area contributed by atoms with Gasteiger partial charge in [-0.2, -0.15) is 16.4 Å². The monoisotopic (exact) mass is 222 g/mol. The number of amides is 1. The van der Waals surface area contributed by atoms with E-state index in [1.165, 1.54) is 17.5 Å². The number of rotatable bonds is 2. The number of carbonyl (C=O) groups excluding carboxylic acids is 1. The molecule has 0 atom stereocenters. The summed E-state index contributed by atoms with van der Waals surface area (Å²) in [4.78, 5) is 11.7. The average Bonchev–Trinajstić information content (AvgIpc) is 2.76. The van der Waals surface area contributed by atoms with Crippen molar-refractivity contribution < 1.29 is 4.79 Å². The number of aromatic nitrogens is 2. The fourth-order valence-corrected chi connectivity index (χ4v) is 2.00. The van der Waals surface area contributed by atoms with Gasteiger partial charge in [0, 0.05) is 5.38 Å². The van der Waals surface area contributed by atoms with Crippen LogP contribution in [0.25, 0.3) is 0 Å². The number of nitrogens with one attached hydrogen (secondary N) is 2. The highest BCUT2D eigenvalue weighted by Crippen LogP contribution is 2.17. The highest BCUT2D eigenvalue weighted by molar-refractivity contribution is 7.08. The van der Waals surface area contributed by atoms with Crippen molar-refractivity contribution in [2.24, 2.45) is 0 Å². The predicted molar refractivity (Wildman–Crippen MR) is 60.0 cm³/mol. The van der Waals surface area contributed by atoms with Crippen LogP contribution in [0, 0.1) is 6.92 Å². The average molecular weight is 222 g/mol. The molecule has 0 saturated carbocycles. The molecule has 0 aromatic carbocycles. The van der Waals surface area contributed by atoms with E-state index in [1.807, 2.05) is 12.3 Å². The number of anilines is 2. The molecule has 78 valence electrons. The largest absolute Gasteiger partial charge is 0.394 e. The van der Waals surface area contributed by atoms with Gasteiger partial charge >= 0.3 is 0 Å². The van der Waals surface area contributed by atoms with Crippen LogP contribution in [0.4, 0.5) is 11.5 Å². The summed E-state index contributed by atoms with van der Waals surface area (Å²) in [6.45, 7) is 1.89. The molecule has 0 aliphatic carbocycles. The summed E-state index contributed by atoms with van der Waals surface area (Å²) in [5.41, 5.74) is 7.62. The summed E-state index contributed by atoms with van der Waals surface area (Å²) < 4.78 is 0. The van der Waals surface area contributed by atoms with Gasteiger partial charge in [-0.15, -0.1) is 0 Å². The molecule has 1 amide bonds. The van der Waals surface area contributed by atoms with Crippen LogP contribution in [-0.2, 0) is 0 Å². The van der Waals surface area contributed by atoms with Crippen molar-refractivity contribution in [3.8, 4) is 0 Å². The molecule has 6 heteroatoms. The molecular formula is C9H10N4OS. The number of nitrogens with two attached hydrogens (primary N) is 1. The Morgan fingerprint density at radius 1 is 1.60 bits per heavy atom. The van der Waals surface area contributed by atoms with Gasteiger partial charge in [0.15, 0.2) is 5.82 Å². The molecule has 0 fully saturated rings. The number of aromatic amines is 1. The van der Waals surface area contributed by atoms with Gasteiger partial charge in [-0.25, -0.2) is 0 Å². The molecule has 0 aliphatic rings. The maximum absolute atomic E-state index is 11.7. The van der Waals surface area contributed by atoms with Crippen molar-refractivity contribution in [2.45, 2.75) is 6.92 Å². The number of carbonyl (C=O) groups is 1. The van der Waals surface area contributed by atoms with Gasteiger partial charge in [0.25, 0.3) is 5.91 Å². The van der Waals surface area contributed by atoms with Gasteiger partial charge in [0.1, 0.15) is 0 Å². The number of H-pyrrole nitrogens is 1. The van der Waals surface area contributed by atoms with Crippen LogP contribution in [-0.4, -0.2) is 16.1 Å². The summed E-state index contributed by atoms with van der Waals surface area (Å²) in [7, 11) is 0. The zero-order valence-corrected chi connectivity index (χ0v) is 8.89. The molecule has 5 nitrogen and oxygen atoms in total. The molecule has 2 aromatic heterocycles. The quantitative estimate of drug-likeness (QED) is 0.721. The highest BCUT2D eigenvalue weighted by atomic mass is 32.1. The van der Waals surface area contributed by atoms with Gasteiger partial charge in [0.2, 0.25) is 0 Å². The van der Waals surface area contributed by atoms with Crippen LogP contribution < -0.4 is 11.1 Å². The first-order valence-corrected chi connectivity index (χ1v) is 5.25. The Labute approximate surface area is 90.3 Å². The second kappa shape index (κ2) is 3.74. The van der Waals surface area contributed by atoms with Gasteiger partial charge in [-0.3, -0.25) is 9.89 Å². The van der Waals surface area contributed by atoms with E-state index in [0.717, 1.165) is 5.56 Å². The van der Waals surface area contributed by atoms with Crippen molar-refractivity contribution >= 4 is 28.7 Å². The summed E-state index contributed by atoms with van der Waals surface area (Å²) in [6, 6.07) is 0. The fourth-order valence-electron chi connectivity index (χ4n) is 1.17. The van der Waals surface area contributed by atoms with Crippen LogP contribution in [0.15, 0.2) is 17.0 Å².